The highest BCUT2D eigenvalue weighted by Crippen LogP contribution is 2.35. The molecule has 4 aromatic rings. The second-order valence-electron chi connectivity index (χ2n) is 11.3. The zero-order chi connectivity index (χ0) is 26.3. The Morgan fingerprint density at radius 3 is 2.67 bits per heavy atom. The molecule has 2 N–H and O–H groups in total. The number of nitrogens with one attached hydrogen (secondary N) is 1. The summed E-state index contributed by atoms with van der Waals surface area (Å²) in [5, 5.41) is 31.5. The second-order valence-corrected chi connectivity index (χ2v) is 11.3. The molecule has 7 rings (SSSR count). The van der Waals surface area contributed by atoms with E-state index in [0.717, 1.165) is 80.2 Å². The molecular formula is C31H33N7O. The van der Waals surface area contributed by atoms with Gasteiger partial charge in [0.25, 0.3) is 0 Å². The van der Waals surface area contributed by atoms with Crippen LogP contribution in [0.5, 0.6) is 0 Å². The van der Waals surface area contributed by atoms with E-state index in [2.05, 4.69) is 66.1 Å². The van der Waals surface area contributed by atoms with Crippen LogP contribution in [0.4, 0.5) is 5.69 Å². The Balaban J connectivity index is 1.11. The summed E-state index contributed by atoms with van der Waals surface area (Å²) in [6.07, 6.45) is 9.11. The Morgan fingerprint density at radius 2 is 1.85 bits per heavy atom. The van der Waals surface area contributed by atoms with E-state index in [1.54, 1.807) is 6.33 Å². The molecule has 0 spiro atoms. The number of rotatable bonds is 5. The zero-order valence-electron chi connectivity index (χ0n) is 22.0. The number of anilines is 1. The number of hydrogen-bond donors (Lipinski definition) is 2. The largest absolute Gasteiger partial charge is 0.393 e. The van der Waals surface area contributed by atoms with E-state index in [-0.39, 0.29) is 6.10 Å². The van der Waals surface area contributed by atoms with Crippen molar-refractivity contribution in [3.05, 3.63) is 72.2 Å². The molecule has 1 aliphatic carbocycles. The molecule has 2 aromatic carbocycles. The number of nitrogens with zero attached hydrogens (tertiary/aromatic N) is 6. The van der Waals surface area contributed by atoms with Gasteiger partial charge in [-0.15, -0.1) is 10.2 Å². The molecule has 3 aliphatic rings. The maximum Gasteiger partial charge on any atom is 0.185 e. The van der Waals surface area contributed by atoms with Crippen LogP contribution < -0.4 is 10.2 Å². The number of fused-ring (bicyclic) bond motifs is 5. The highest BCUT2D eigenvalue weighted by atomic mass is 16.3. The lowest BCUT2D eigenvalue weighted by Crippen LogP contribution is -2.38. The van der Waals surface area contributed by atoms with Gasteiger partial charge >= 0.3 is 0 Å². The molecule has 0 unspecified atom stereocenters. The third-order valence-corrected chi connectivity index (χ3v) is 8.73. The molecule has 198 valence electrons. The molecule has 1 saturated carbocycles. The first kappa shape index (κ1) is 24.1. The molecule has 8 nitrogen and oxygen atoms in total. The van der Waals surface area contributed by atoms with Crippen LogP contribution in [0.25, 0.3) is 28.3 Å². The van der Waals surface area contributed by atoms with Gasteiger partial charge in [0.1, 0.15) is 6.33 Å². The predicted molar refractivity (Wildman–Crippen MR) is 151 cm³/mol. The average molecular weight is 520 g/mol. The normalized spacial score (nSPS) is 22.1. The van der Waals surface area contributed by atoms with Crippen LogP contribution in [0.2, 0.25) is 0 Å². The van der Waals surface area contributed by atoms with Crippen LogP contribution in [0, 0.1) is 17.2 Å². The first-order valence-electron chi connectivity index (χ1n) is 14.1. The minimum absolute atomic E-state index is 0.0995. The fourth-order valence-electron chi connectivity index (χ4n) is 6.47. The molecule has 1 saturated heterocycles. The number of nitriles is 1. The first-order valence-corrected chi connectivity index (χ1v) is 14.1. The Kier molecular flexibility index (Phi) is 6.18. The first-order chi connectivity index (χ1) is 19.1. The van der Waals surface area contributed by atoms with E-state index in [0.29, 0.717) is 17.5 Å². The third kappa shape index (κ3) is 4.62. The Bertz CT molecular complexity index is 1520. The summed E-state index contributed by atoms with van der Waals surface area (Å²) in [6, 6.07) is 19.4. The number of aliphatic hydroxyl groups excluding tert-OH is 1. The number of aliphatic hydroxyl groups is 1. The van der Waals surface area contributed by atoms with Crippen molar-refractivity contribution in [2.75, 3.05) is 24.5 Å². The molecule has 0 bridgehead atoms. The summed E-state index contributed by atoms with van der Waals surface area (Å²) < 4.78 is 4.36. The summed E-state index contributed by atoms with van der Waals surface area (Å²) in [6.45, 7) is 3.95. The lowest BCUT2D eigenvalue weighted by Gasteiger charge is -2.27. The topological polar surface area (TPSA) is 94.9 Å². The molecule has 39 heavy (non-hydrogen) atoms. The number of aromatic nitrogens is 4. The molecule has 1 atom stereocenters. The molecule has 0 radical (unpaired) electrons. The molecule has 2 aromatic heterocycles. The zero-order valence-corrected chi connectivity index (χ0v) is 22.0. The summed E-state index contributed by atoms with van der Waals surface area (Å²) >= 11 is 0. The van der Waals surface area contributed by atoms with E-state index in [1.807, 2.05) is 24.3 Å². The van der Waals surface area contributed by atoms with E-state index >= 15 is 0 Å². The summed E-state index contributed by atoms with van der Waals surface area (Å²) in [5.41, 5.74) is 7.52. The summed E-state index contributed by atoms with van der Waals surface area (Å²) in [4.78, 5) is 2.52. The van der Waals surface area contributed by atoms with Crippen LogP contribution in [0.3, 0.4) is 0 Å². The van der Waals surface area contributed by atoms with Crippen molar-refractivity contribution in [3.63, 3.8) is 0 Å². The lowest BCUT2D eigenvalue weighted by molar-refractivity contribution is 0.116. The maximum atomic E-state index is 9.78. The summed E-state index contributed by atoms with van der Waals surface area (Å²) in [5.74, 6) is 1.48. The van der Waals surface area contributed by atoms with Crippen molar-refractivity contribution < 1.29 is 5.11 Å². The van der Waals surface area contributed by atoms with Gasteiger partial charge in [0.05, 0.1) is 29.1 Å². The van der Waals surface area contributed by atoms with Crippen molar-refractivity contribution in [2.45, 2.75) is 50.8 Å². The molecule has 2 aliphatic heterocycles. The molecule has 8 heteroatoms. The van der Waals surface area contributed by atoms with Gasteiger partial charge in [0, 0.05) is 43.1 Å². The molecule has 4 heterocycles. The van der Waals surface area contributed by atoms with E-state index < -0.39 is 0 Å². The van der Waals surface area contributed by atoms with Crippen molar-refractivity contribution in [1.82, 2.24) is 24.6 Å². The van der Waals surface area contributed by atoms with Gasteiger partial charge in [-0.05, 0) is 92.1 Å². The van der Waals surface area contributed by atoms with Gasteiger partial charge in [0.15, 0.2) is 5.82 Å². The number of hydrogen-bond acceptors (Lipinski definition) is 6. The molecular weight excluding hydrogens is 486 g/mol. The fourth-order valence-corrected chi connectivity index (χ4v) is 6.47. The van der Waals surface area contributed by atoms with Gasteiger partial charge in [-0.3, -0.25) is 4.57 Å². The van der Waals surface area contributed by atoms with Crippen LogP contribution in [-0.4, -0.2) is 56.2 Å². The monoisotopic (exact) mass is 519 g/mol. The van der Waals surface area contributed by atoms with Crippen molar-refractivity contribution in [2.24, 2.45) is 5.92 Å². The Morgan fingerprint density at radius 1 is 1.00 bits per heavy atom. The quantitative estimate of drug-likeness (QED) is 0.358. The van der Waals surface area contributed by atoms with Crippen LogP contribution in [0.15, 0.2) is 61.1 Å². The van der Waals surface area contributed by atoms with Crippen LogP contribution >= 0.6 is 0 Å². The minimum atomic E-state index is -0.0995. The van der Waals surface area contributed by atoms with Gasteiger partial charge in [0.2, 0.25) is 0 Å². The van der Waals surface area contributed by atoms with Crippen molar-refractivity contribution >= 4 is 5.69 Å². The summed E-state index contributed by atoms with van der Waals surface area (Å²) in [7, 11) is 0. The lowest BCUT2D eigenvalue weighted by atomic mass is 9.93. The van der Waals surface area contributed by atoms with Crippen molar-refractivity contribution in [1.29, 1.82) is 5.26 Å². The Hall–Kier alpha value is -3.93. The van der Waals surface area contributed by atoms with Crippen LogP contribution in [0.1, 0.15) is 43.2 Å². The van der Waals surface area contributed by atoms with E-state index in [4.69, 9.17) is 5.26 Å². The SMILES string of the molecule is N#Cc1ccc(-c2cc3n(c2)Cc2cc(N4CC[C@H](CNC5CCC(O)CC5)C4)ccc2-n2cnnc2-3)cc1. The minimum Gasteiger partial charge on any atom is -0.393 e. The standard InChI is InChI=1S/C31H33N7O/c32-15-21-1-3-23(4-2-21)24-14-30-31-35-34-20-38(31)29-10-7-27(13-25(29)19-37(30)18-24)36-12-11-22(17-36)16-33-26-5-8-28(39)9-6-26/h1-4,7,10,13-14,18,20,22,26,28,33,39H,5-6,8-9,11-12,16-17,19H2/t22-,26?,28?/m1/s1. The maximum absolute atomic E-state index is 9.78. The molecule has 0 amide bonds. The van der Waals surface area contributed by atoms with Crippen LogP contribution in [-0.2, 0) is 6.54 Å². The van der Waals surface area contributed by atoms with Gasteiger partial charge in [-0.25, -0.2) is 0 Å². The number of benzene rings is 2. The Labute approximate surface area is 228 Å². The average Bonchev–Trinajstić information content (AvgIpc) is 3.72. The fraction of sp³-hybridized carbons (Fsp3) is 0.387. The van der Waals surface area contributed by atoms with Gasteiger partial charge < -0.3 is 19.9 Å². The van der Waals surface area contributed by atoms with E-state index in [9.17, 15) is 5.11 Å². The van der Waals surface area contributed by atoms with Gasteiger partial charge in [-0.2, -0.15) is 5.26 Å². The third-order valence-electron chi connectivity index (χ3n) is 8.73. The highest BCUT2D eigenvalue weighted by Gasteiger charge is 2.27. The second kappa shape index (κ2) is 9.99. The molecule has 2 fully saturated rings. The van der Waals surface area contributed by atoms with E-state index in [1.165, 1.54) is 17.7 Å². The smallest absolute Gasteiger partial charge is 0.185 e. The predicted octanol–water partition coefficient (Wildman–Crippen LogP) is 4.36. The highest BCUT2D eigenvalue weighted by molar-refractivity contribution is 5.72. The van der Waals surface area contributed by atoms with Gasteiger partial charge in [-0.1, -0.05) is 12.1 Å². The van der Waals surface area contributed by atoms with Crippen molar-refractivity contribution in [3.8, 4) is 34.4 Å².